The Morgan fingerprint density at radius 3 is 2.43 bits per heavy atom. The van der Waals surface area contributed by atoms with Gasteiger partial charge < -0.3 is 9.64 Å². The van der Waals surface area contributed by atoms with Crippen molar-refractivity contribution in [1.82, 2.24) is 4.90 Å². The Morgan fingerprint density at radius 2 is 2.00 bits per heavy atom. The molecule has 2 aliphatic heterocycles. The summed E-state index contributed by atoms with van der Waals surface area (Å²) in [6, 6.07) is 0. The topological polar surface area (TPSA) is 46.6 Å². The van der Waals surface area contributed by atoms with Gasteiger partial charge in [0, 0.05) is 24.9 Å². The highest BCUT2D eigenvalue weighted by Gasteiger charge is 2.47. The Kier molecular flexibility index (Phi) is 2.21. The van der Waals surface area contributed by atoms with Crippen LogP contribution in [0, 0.1) is 11.8 Å². The van der Waals surface area contributed by atoms with Crippen LogP contribution in [-0.4, -0.2) is 36.0 Å². The van der Waals surface area contributed by atoms with Crippen molar-refractivity contribution in [1.29, 1.82) is 0 Å². The summed E-state index contributed by atoms with van der Waals surface area (Å²) >= 11 is 0. The molecule has 2 unspecified atom stereocenters. The number of hydrogen-bond donors (Lipinski definition) is 0. The zero-order valence-electron chi connectivity index (χ0n) is 8.53. The molecular weight excluding hydrogens is 182 g/mol. The van der Waals surface area contributed by atoms with Gasteiger partial charge in [-0.2, -0.15) is 0 Å². The molecule has 4 heteroatoms. The van der Waals surface area contributed by atoms with E-state index in [1.165, 1.54) is 0 Å². The fourth-order valence-corrected chi connectivity index (χ4v) is 2.11. The number of ether oxygens (including phenoxy) is 1. The van der Waals surface area contributed by atoms with Crippen molar-refractivity contribution in [3.05, 3.63) is 0 Å². The fourth-order valence-electron chi connectivity index (χ4n) is 2.11. The van der Waals surface area contributed by atoms with E-state index in [9.17, 15) is 9.59 Å². The lowest BCUT2D eigenvalue weighted by atomic mass is 9.70. The van der Waals surface area contributed by atoms with E-state index < -0.39 is 0 Å². The van der Waals surface area contributed by atoms with Crippen LogP contribution in [0.3, 0.4) is 0 Å². The third-order valence-corrected chi connectivity index (χ3v) is 2.85. The summed E-state index contributed by atoms with van der Waals surface area (Å²) in [5, 5.41) is 0. The van der Waals surface area contributed by atoms with Gasteiger partial charge in [-0.3, -0.25) is 4.79 Å². The van der Waals surface area contributed by atoms with Crippen molar-refractivity contribution in [3.63, 3.8) is 0 Å². The summed E-state index contributed by atoms with van der Waals surface area (Å²) in [6.07, 6.45) is 0.600. The Bertz CT molecular complexity index is 261. The van der Waals surface area contributed by atoms with Crippen molar-refractivity contribution in [3.8, 4) is 0 Å². The summed E-state index contributed by atoms with van der Waals surface area (Å²) in [6.45, 7) is 4.77. The predicted octanol–water partition coefficient (Wildman–Crippen LogP) is 1.05. The third-order valence-electron chi connectivity index (χ3n) is 2.85. The van der Waals surface area contributed by atoms with E-state index in [0.717, 1.165) is 6.42 Å². The number of carbonyl (C=O) groups excluding carboxylic acids is 2. The van der Waals surface area contributed by atoms with Gasteiger partial charge in [0.2, 0.25) is 0 Å². The second-order valence-corrected chi connectivity index (χ2v) is 4.37. The Labute approximate surface area is 83.2 Å². The van der Waals surface area contributed by atoms with Crippen LogP contribution >= 0.6 is 0 Å². The SMILES string of the molecule is CC(C)OC(=O)N1CC2CC(C1)C2=O. The van der Waals surface area contributed by atoms with E-state index in [1.807, 2.05) is 13.8 Å². The lowest BCUT2D eigenvalue weighted by Crippen LogP contribution is -2.57. The molecule has 0 aromatic heterocycles. The predicted molar refractivity (Wildman–Crippen MR) is 49.8 cm³/mol. The van der Waals surface area contributed by atoms with Crippen molar-refractivity contribution in [2.24, 2.45) is 11.8 Å². The molecule has 2 bridgehead atoms. The number of carbonyl (C=O) groups is 2. The first kappa shape index (κ1) is 9.49. The van der Waals surface area contributed by atoms with Gasteiger partial charge in [-0.25, -0.2) is 4.79 Å². The number of ketones is 1. The van der Waals surface area contributed by atoms with Gasteiger partial charge in [0.05, 0.1) is 6.10 Å². The smallest absolute Gasteiger partial charge is 0.410 e. The van der Waals surface area contributed by atoms with Crippen LogP contribution in [0.2, 0.25) is 0 Å². The highest BCUT2D eigenvalue weighted by atomic mass is 16.6. The molecule has 2 heterocycles. The second-order valence-electron chi connectivity index (χ2n) is 4.37. The third kappa shape index (κ3) is 1.49. The minimum absolute atomic E-state index is 0.0866. The summed E-state index contributed by atoms with van der Waals surface area (Å²) in [5.41, 5.74) is 0. The number of amides is 1. The summed E-state index contributed by atoms with van der Waals surface area (Å²) in [5.74, 6) is 0.514. The Balaban J connectivity index is 1.89. The van der Waals surface area contributed by atoms with Gasteiger partial charge in [0.1, 0.15) is 5.78 Å². The highest BCUT2D eigenvalue weighted by Crippen LogP contribution is 2.36. The normalized spacial score (nSPS) is 30.2. The first-order chi connectivity index (χ1) is 6.58. The standard InChI is InChI=1S/C10H15NO3/c1-6(2)14-10(13)11-4-7-3-8(5-11)9(7)12/h6-8H,3-5H2,1-2H3. The van der Waals surface area contributed by atoms with Crippen molar-refractivity contribution in [2.75, 3.05) is 13.1 Å². The van der Waals surface area contributed by atoms with Crippen LogP contribution < -0.4 is 0 Å². The molecule has 0 N–H and O–H groups in total. The number of piperidine rings is 2. The molecule has 1 saturated carbocycles. The zero-order chi connectivity index (χ0) is 10.3. The average molecular weight is 197 g/mol. The van der Waals surface area contributed by atoms with Gasteiger partial charge >= 0.3 is 6.09 Å². The molecule has 78 valence electrons. The Hall–Kier alpha value is -1.06. The zero-order valence-corrected chi connectivity index (χ0v) is 8.53. The van der Waals surface area contributed by atoms with Crippen LogP contribution in [0.15, 0.2) is 0 Å². The maximum absolute atomic E-state index is 11.5. The maximum atomic E-state index is 11.5. The molecule has 3 fully saturated rings. The minimum Gasteiger partial charge on any atom is -0.447 e. The average Bonchev–Trinajstić information content (AvgIpc) is 2.16. The first-order valence-electron chi connectivity index (χ1n) is 5.07. The van der Waals surface area contributed by atoms with Crippen LogP contribution in [0.25, 0.3) is 0 Å². The van der Waals surface area contributed by atoms with E-state index in [0.29, 0.717) is 18.9 Å². The van der Waals surface area contributed by atoms with E-state index in [1.54, 1.807) is 4.90 Å². The van der Waals surface area contributed by atoms with Gasteiger partial charge in [0.15, 0.2) is 0 Å². The number of Topliss-reactive ketones (excluding diaryl/α,β-unsaturated/α-hetero) is 1. The van der Waals surface area contributed by atoms with Crippen LogP contribution in [0.4, 0.5) is 4.79 Å². The molecule has 0 spiro atoms. The molecule has 0 radical (unpaired) electrons. The monoisotopic (exact) mass is 197 g/mol. The van der Waals surface area contributed by atoms with Gasteiger partial charge in [-0.15, -0.1) is 0 Å². The molecule has 0 aromatic carbocycles. The van der Waals surface area contributed by atoms with E-state index in [2.05, 4.69) is 0 Å². The minimum atomic E-state index is -0.276. The maximum Gasteiger partial charge on any atom is 0.410 e. The Morgan fingerprint density at radius 1 is 1.43 bits per heavy atom. The molecule has 1 amide bonds. The van der Waals surface area contributed by atoms with E-state index >= 15 is 0 Å². The van der Waals surface area contributed by atoms with Crippen molar-refractivity contribution in [2.45, 2.75) is 26.4 Å². The quantitative estimate of drug-likeness (QED) is 0.631. The molecule has 3 aliphatic rings. The summed E-state index contributed by atoms with van der Waals surface area (Å²) in [7, 11) is 0. The molecule has 3 rings (SSSR count). The molecule has 14 heavy (non-hydrogen) atoms. The van der Waals surface area contributed by atoms with Crippen LogP contribution in [0.5, 0.6) is 0 Å². The summed E-state index contributed by atoms with van der Waals surface area (Å²) in [4.78, 5) is 24.4. The second kappa shape index (κ2) is 3.26. The number of nitrogens with zero attached hydrogens (tertiary/aromatic N) is 1. The summed E-state index contributed by atoms with van der Waals surface area (Å²) < 4.78 is 5.07. The largest absolute Gasteiger partial charge is 0.447 e. The fraction of sp³-hybridized carbons (Fsp3) is 0.800. The molecule has 2 saturated heterocycles. The van der Waals surface area contributed by atoms with Crippen LogP contribution in [-0.2, 0) is 9.53 Å². The molecule has 1 aliphatic carbocycles. The highest BCUT2D eigenvalue weighted by molar-refractivity contribution is 5.91. The lowest BCUT2D eigenvalue weighted by Gasteiger charge is -2.44. The molecular formula is C10H15NO3. The molecule has 2 atom stereocenters. The van der Waals surface area contributed by atoms with Crippen LogP contribution in [0.1, 0.15) is 20.3 Å². The van der Waals surface area contributed by atoms with Gasteiger partial charge in [-0.1, -0.05) is 0 Å². The lowest BCUT2D eigenvalue weighted by molar-refractivity contribution is -0.142. The number of hydrogen-bond acceptors (Lipinski definition) is 3. The first-order valence-corrected chi connectivity index (χ1v) is 5.07. The van der Waals surface area contributed by atoms with E-state index in [-0.39, 0.29) is 24.0 Å². The van der Waals surface area contributed by atoms with Crippen molar-refractivity contribution >= 4 is 11.9 Å². The molecule has 0 aromatic rings. The van der Waals surface area contributed by atoms with E-state index in [4.69, 9.17) is 4.74 Å². The van der Waals surface area contributed by atoms with Crippen molar-refractivity contribution < 1.29 is 14.3 Å². The van der Waals surface area contributed by atoms with Gasteiger partial charge in [0.25, 0.3) is 0 Å². The molecule has 4 nitrogen and oxygen atoms in total. The van der Waals surface area contributed by atoms with Gasteiger partial charge in [-0.05, 0) is 20.3 Å². The number of rotatable bonds is 1. The number of fused-ring (bicyclic) bond motifs is 2.